The van der Waals surface area contributed by atoms with E-state index < -0.39 is 23.9 Å². The fourth-order valence-corrected chi connectivity index (χ4v) is 4.04. The number of alkyl halides is 6. The molecule has 0 saturated carbocycles. The third kappa shape index (κ3) is 5.29. The van der Waals surface area contributed by atoms with Crippen molar-refractivity contribution in [2.45, 2.75) is 37.3 Å². The second-order valence-electron chi connectivity index (χ2n) is 8.37. The predicted molar refractivity (Wildman–Crippen MR) is 127 cm³/mol. The van der Waals surface area contributed by atoms with Crippen LogP contribution in [0.5, 0.6) is 0 Å². The molecule has 1 heterocycles. The molecule has 0 aliphatic carbocycles. The van der Waals surface area contributed by atoms with E-state index in [1.807, 2.05) is 30.3 Å². The van der Waals surface area contributed by atoms with Gasteiger partial charge in [0.2, 0.25) is 0 Å². The molecule has 0 spiro atoms. The maximum Gasteiger partial charge on any atom is 0.443 e. The zero-order chi connectivity index (χ0) is 25.8. The molecule has 9 heteroatoms. The van der Waals surface area contributed by atoms with E-state index in [-0.39, 0.29) is 30.8 Å². The van der Waals surface area contributed by atoms with Gasteiger partial charge in [-0.1, -0.05) is 91.0 Å². The highest BCUT2D eigenvalue weighted by Crippen LogP contribution is 2.49. The van der Waals surface area contributed by atoms with Gasteiger partial charge in [0.15, 0.2) is 0 Å². The molecule has 0 saturated heterocycles. The second kappa shape index (κ2) is 10.2. The highest BCUT2D eigenvalue weighted by Gasteiger charge is 2.73. The lowest BCUT2D eigenvalue weighted by molar-refractivity contribution is -0.293. The molecule has 0 amide bonds. The van der Waals surface area contributed by atoms with Crippen LogP contribution in [-0.2, 0) is 12.8 Å². The Hall–Kier alpha value is -3.62. The van der Waals surface area contributed by atoms with E-state index in [0.29, 0.717) is 6.42 Å². The van der Waals surface area contributed by atoms with E-state index in [1.54, 1.807) is 48.5 Å². The number of amidine groups is 2. The molecule has 3 aromatic rings. The Morgan fingerprint density at radius 1 is 0.583 bits per heavy atom. The summed E-state index contributed by atoms with van der Waals surface area (Å²) in [6.45, 7) is 0.108. The van der Waals surface area contributed by atoms with Crippen molar-refractivity contribution in [1.82, 2.24) is 4.90 Å². The smallest absolute Gasteiger partial charge is 0.314 e. The lowest BCUT2D eigenvalue weighted by atomic mass is 10.0. The molecule has 188 valence electrons. The number of aryl methyl sites for hydroxylation is 1. The number of hydrogen-bond donors (Lipinski definition) is 0. The SMILES string of the molecule is FC(F)(F)C1(C(F)(F)F)N=C(CCc2ccccc2)N(CCc2ccccc2)C(c2ccccc2)=N1. The van der Waals surface area contributed by atoms with Crippen LogP contribution < -0.4 is 0 Å². The van der Waals surface area contributed by atoms with Gasteiger partial charge in [0.05, 0.1) is 0 Å². The van der Waals surface area contributed by atoms with Crippen molar-refractivity contribution in [1.29, 1.82) is 0 Å². The molecule has 3 aromatic carbocycles. The van der Waals surface area contributed by atoms with Crippen LogP contribution in [0.1, 0.15) is 23.1 Å². The first-order chi connectivity index (χ1) is 17.1. The Labute approximate surface area is 204 Å². The third-order valence-electron chi connectivity index (χ3n) is 5.90. The Morgan fingerprint density at radius 2 is 1.06 bits per heavy atom. The number of aliphatic imine (C=N–C) groups is 2. The first kappa shape index (κ1) is 25.5. The first-order valence-corrected chi connectivity index (χ1v) is 11.3. The summed E-state index contributed by atoms with van der Waals surface area (Å²) in [4.78, 5) is 8.07. The minimum absolute atomic E-state index is 0.108. The molecule has 0 fully saturated rings. The minimum atomic E-state index is -5.78. The van der Waals surface area contributed by atoms with E-state index in [9.17, 15) is 26.3 Å². The molecule has 0 bridgehead atoms. The van der Waals surface area contributed by atoms with Gasteiger partial charge in [0, 0.05) is 18.5 Å². The minimum Gasteiger partial charge on any atom is -0.314 e. The van der Waals surface area contributed by atoms with Gasteiger partial charge in [0.25, 0.3) is 0 Å². The van der Waals surface area contributed by atoms with Gasteiger partial charge >= 0.3 is 18.0 Å². The van der Waals surface area contributed by atoms with Crippen LogP contribution in [0, 0.1) is 0 Å². The molecule has 0 aromatic heterocycles. The zero-order valence-corrected chi connectivity index (χ0v) is 19.1. The predicted octanol–water partition coefficient (Wildman–Crippen LogP) is 6.84. The van der Waals surface area contributed by atoms with Crippen LogP contribution in [0.4, 0.5) is 26.3 Å². The summed E-state index contributed by atoms with van der Waals surface area (Å²) in [6, 6.07) is 25.6. The topological polar surface area (TPSA) is 28.0 Å². The molecule has 1 aliphatic heterocycles. The number of benzene rings is 3. The monoisotopic (exact) mass is 503 g/mol. The van der Waals surface area contributed by atoms with E-state index >= 15 is 0 Å². The van der Waals surface area contributed by atoms with Gasteiger partial charge in [-0.2, -0.15) is 26.3 Å². The Morgan fingerprint density at radius 3 is 1.56 bits per heavy atom. The van der Waals surface area contributed by atoms with Gasteiger partial charge in [-0.3, -0.25) is 0 Å². The normalized spacial score (nSPS) is 15.9. The number of rotatable bonds is 7. The van der Waals surface area contributed by atoms with Crippen LogP contribution in [-0.4, -0.2) is 41.1 Å². The van der Waals surface area contributed by atoms with Crippen molar-refractivity contribution < 1.29 is 26.3 Å². The molecule has 0 atom stereocenters. The highest BCUT2D eigenvalue weighted by molar-refractivity contribution is 6.11. The molecular weight excluding hydrogens is 480 g/mol. The van der Waals surface area contributed by atoms with Crippen LogP contribution in [0.15, 0.2) is 101 Å². The Bertz CT molecular complexity index is 1190. The van der Waals surface area contributed by atoms with Gasteiger partial charge in [-0.05, 0) is 24.0 Å². The third-order valence-corrected chi connectivity index (χ3v) is 5.90. The van der Waals surface area contributed by atoms with E-state index in [4.69, 9.17) is 0 Å². The lowest BCUT2D eigenvalue weighted by Crippen LogP contribution is -2.59. The lowest BCUT2D eigenvalue weighted by Gasteiger charge is -2.39. The fraction of sp³-hybridized carbons (Fsp3) is 0.259. The van der Waals surface area contributed by atoms with Crippen molar-refractivity contribution in [2.75, 3.05) is 6.54 Å². The number of halogens is 6. The average molecular weight is 503 g/mol. The van der Waals surface area contributed by atoms with Crippen molar-refractivity contribution in [2.24, 2.45) is 9.98 Å². The zero-order valence-electron chi connectivity index (χ0n) is 19.1. The average Bonchev–Trinajstić information content (AvgIpc) is 2.86. The van der Waals surface area contributed by atoms with Crippen LogP contribution >= 0.6 is 0 Å². The summed E-state index contributed by atoms with van der Waals surface area (Å²) in [5.74, 6) is -0.711. The largest absolute Gasteiger partial charge is 0.443 e. The standard InChI is InChI=1S/C27H23F6N3/c28-26(29,30)25(27(31,32)33)34-23(17-16-20-10-4-1-5-11-20)36(19-18-21-12-6-2-7-13-21)24(35-25)22-14-8-3-9-15-22/h1-15H,16-19H2. The van der Waals surface area contributed by atoms with Gasteiger partial charge < -0.3 is 4.90 Å². The number of nitrogens with zero attached hydrogens (tertiary/aromatic N) is 3. The van der Waals surface area contributed by atoms with E-state index in [1.165, 1.54) is 17.0 Å². The molecule has 0 unspecified atom stereocenters. The van der Waals surface area contributed by atoms with E-state index in [2.05, 4.69) is 9.98 Å². The van der Waals surface area contributed by atoms with Crippen molar-refractivity contribution in [3.63, 3.8) is 0 Å². The van der Waals surface area contributed by atoms with E-state index in [0.717, 1.165) is 11.1 Å². The molecule has 1 aliphatic rings. The maximum absolute atomic E-state index is 14.1. The Kier molecular flexibility index (Phi) is 7.19. The fourth-order valence-electron chi connectivity index (χ4n) is 4.04. The van der Waals surface area contributed by atoms with Gasteiger partial charge in [0.1, 0.15) is 11.7 Å². The first-order valence-electron chi connectivity index (χ1n) is 11.3. The summed E-state index contributed by atoms with van der Waals surface area (Å²) < 4.78 is 84.9. The molecule has 4 rings (SSSR count). The van der Waals surface area contributed by atoms with Crippen LogP contribution in [0.3, 0.4) is 0 Å². The van der Waals surface area contributed by atoms with Gasteiger partial charge in [-0.25, -0.2) is 9.98 Å². The van der Waals surface area contributed by atoms with Crippen molar-refractivity contribution in [3.05, 3.63) is 108 Å². The Balaban J connectivity index is 1.83. The molecular formula is C27H23F6N3. The van der Waals surface area contributed by atoms with Crippen molar-refractivity contribution in [3.8, 4) is 0 Å². The molecule has 36 heavy (non-hydrogen) atoms. The van der Waals surface area contributed by atoms with Gasteiger partial charge in [-0.15, -0.1) is 0 Å². The highest BCUT2D eigenvalue weighted by atomic mass is 19.4. The molecule has 3 nitrogen and oxygen atoms in total. The summed E-state index contributed by atoms with van der Waals surface area (Å²) in [5, 5.41) is 0. The van der Waals surface area contributed by atoms with Crippen LogP contribution in [0.25, 0.3) is 0 Å². The van der Waals surface area contributed by atoms with Crippen LogP contribution in [0.2, 0.25) is 0 Å². The van der Waals surface area contributed by atoms with Crippen molar-refractivity contribution >= 4 is 11.7 Å². The second-order valence-corrected chi connectivity index (χ2v) is 8.37. The number of hydrogen-bond acceptors (Lipinski definition) is 3. The maximum atomic E-state index is 14.1. The summed E-state index contributed by atoms with van der Waals surface area (Å²) in [7, 11) is 0. The summed E-state index contributed by atoms with van der Waals surface area (Å²) in [5.41, 5.74) is -2.77. The molecule has 0 radical (unpaired) electrons. The summed E-state index contributed by atoms with van der Waals surface area (Å²) >= 11 is 0. The molecule has 0 N–H and O–H groups in total. The quantitative estimate of drug-likeness (QED) is 0.325. The summed E-state index contributed by atoms with van der Waals surface area (Å²) in [6.07, 6.45) is -11.1.